The van der Waals surface area contributed by atoms with Crippen molar-refractivity contribution in [1.82, 2.24) is 9.97 Å². The minimum Gasteiger partial charge on any atom is -0.490 e. The molecule has 0 amide bonds. The van der Waals surface area contributed by atoms with Crippen molar-refractivity contribution in [2.75, 3.05) is 19.1 Å². The van der Waals surface area contributed by atoms with Gasteiger partial charge in [0.2, 0.25) is 0 Å². The first-order valence-electron chi connectivity index (χ1n) is 5.62. The molecular weight excluding hydrogens is 285 g/mol. The first kappa shape index (κ1) is 13.9. The van der Waals surface area contributed by atoms with Crippen LogP contribution in [-0.4, -0.2) is 24.1 Å². The monoisotopic (exact) mass is 297 g/mol. The fraction of sp³-hybridized carbons (Fsp3) is 0.231. The van der Waals surface area contributed by atoms with E-state index in [1.807, 2.05) is 36.2 Å². The summed E-state index contributed by atoms with van der Waals surface area (Å²) in [6.07, 6.45) is 1.41. The van der Waals surface area contributed by atoms with Crippen LogP contribution in [0.25, 0.3) is 0 Å². The fourth-order valence-electron chi connectivity index (χ4n) is 1.75. The van der Waals surface area contributed by atoms with Crippen LogP contribution in [0.3, 0.4) is 0 Å². The smallest absolute Gasteiger partial charge is 0.199 e. The number of methoxy groups -OCH3 is 1. The van der Waals surface area contributed by atoms with Crippen LogP contribution < -0.4 is 9.64 Å². The molecule has 1 heterocycles. The van der Waals surface area contributed by atoms with E-state index in [1.165, 1.54) is 13.4 Å². The zero-order valence-electron chi connectivity index (χ0n) is 10.6. The predicted molar refractivity (Wildman–Crippen MR) is 77.2 cm³/mol. The molecule has 0 radical (unpaired) electrons. The molecule has 0 atom stereocenters. The zero-order chi connectivity index (χ0) is 13.8. The molecule has 6 heteroatoms. The Morgan fingerprint density at radius 2 is 1.95 bits per heavy atom. The van der Waals surface area contributed by atoms with E-state index in [4.69, 9.17) is 27.9 Å². The van der Waals surface area contributed by atoms with E-state index >= 15 is 0 Å². The Morgan fingerprint density at radius 3 is 2.63 bits per heavy atom. The number of anilines is 1. The van der Waals surface area contributed by atoms with Gasteiger partial charge >= 0.3 is 0 Å². The second-order valence-electron chi connectivity index (χ2n) is 3.97. The summed E-state index contributed by atoms with van der Waals surface area (Å²) in [5.74, 6) is 1.08. The van der Waals surface area contributed by atoms with Crippen LogP contribution in [0.2, 0.25) is 10.2 Å². The van der Waals surface area contributed by atoms with Crippen molar-refractivity contribution in [2.45, 2.75) is 6.54 Å². The maximum atomic E-state index is 6.14. The molecule has 0 unspecified atom stereocenters. The average molecular weight is 298 g/mol. The molecule has 2 rings (SSSR count). The SMILES string of the molecule is COc1c(Cl)ncnc1N(C)Cc1ccccc1Cl. The maximum Gasteiger partial charge on any atom is 0.199 e. The van der Waals surface area contributed by atoms with Gasteiger partial charge in [-0.25, -0.2) is 9.97 Å². The van der Waals surface area contributed by atoms with Crippen LogP contribution in [0.1, 0.15) is 5.56 Å². The quantitative estimate of drug-likeness (QED) is 0.811. The summed E-state index contributed by atoms with van der Waals surface area (Å²) >= 11 is 12.1. The van der Waals surface area contributed by atoms with Crippen molar-refractivity contribution in [2.24, 2.45) is 0 Å². The summed E-state index contributed by atoms with van der Waals surface area (Å²) in [6.45, 7) is 0.601. The van der Waals surface area contributed by atoms with Crippen molar-refractivity contribution in [1.29, 1.82) is 0 Å². The van der Waals surface area contributed by atoms with Crippen LogP contribution in [0, 0.1) is 0 Å². The number of halogens is 2. The molecule has 100 valence electrons. The Bertz CT molecular complexity index is 578. The van der Waals surface area contributed by atoms with E-state index in [-0.39, 0.29) is 0 Å². The van der Waals surface area contributed by atoms with Gasteiger partial charge in [-0.2, -0.15) is 0 Å². The van der Waals surface area contributed by atoms with Gasteiger partial charge in [-0.1, -0.05) is 41.4 Å². The standard InChI is InChI=1S/C13H13Cl2N3O/c1-18(7-9-5-3-4-6-10(9)14)13-11(19-2)12(15)16-8-17-13/h3-6,8H,7H2,1-2H3. The second kappa shape index (κ2) is 6.08. The molecule has 0 N–H and O–H groups in total. The lowest BCUT2D eigenvalue weighted by molar-refractivity contribution is 0.411. The first-order chi connectivity index (χ1) is 9.13. The summed E-state index contributed by atoms with van der Waals surface area (Å²) in [6, 6.07) is 7.66. The molecule has 0 bridgehead atoms. The Hall–Kier alpha value is -1.52. The molecule has 0 aliphatic rings. The minimum atomic E-state index is 0.290. The number of nitrogens with zero attached hydrogens (tertiary/aromatic N) is 3. The van der Waals surface area contributed by atoms with Crippen LogP contribution in [-0.2, 0) is 6.54 Å². The fourth-order valence-corrected chi connectivity index (χ4v) is 2.15. The lowest BCUT2D eigenvalue weighted by atomic mass is 10.2. The highest BCUT2D eigenvalue weighted by atomic mass is 35.5. The van der Waals surface area contributed by atoms with Gasteiger partial charge in [0.15, 0.2) is 16.7 Å². The van der Waals surface area contributed by atoms with Gasteiger partial charge in [-0.3, -0.25) is 0 Å². The number of rotatable bonds is 4. The summed E-state index contributed by atoms with van der Waals surface area (Å²) in [4.78, 5) is 10.0. The molecule has 19 heavy (non-hydrogen) atoms. The Labute approximate surface area is 122 Å². The highest BCUT2D eigenvalue weighted by molar-refractivity contribution is 6.31. The molecule has 0 spiro atoms. The molecule has 4 nitrogen and oxygen atoms in total. The lowest BCUT2D eigenvalue weighted by Crippen LogP contribution is -2.19. The molecule has 2 aromatic rings. The molecule has 1 aromatic carbocycles. The number of aromatic nitrogens is 2. The molecule has 0 saturated heterocycles. The zero-order valence-corrected chi connectivity index (χ0v) is 12.1. The van der Waals surface area contributed by atoms with Gasteiger partial charge in [-0.15, -0.1) is 0 Å². The van der Waals surface area contributed by atoms with E-state index in [0.29, 0.717) is 28.3 Å². The third-order valence-corrected chi connectivity index (χ3v) is 3.31. The van der Waals surface area contributed by atoms with Gasteiger partial charge in [-0.05, 0) is 11.6 Å². The maximum absolute atomic E-state index is 6.14. The summed E-state index contributed by atoms with van der Waals surface area (Å²) in [5.41, 5.74) is 1.00. The number of benzene rings is 1. The van der Waals surface area contributed by atoms with E-state index in [0.717, 1.165) is 5.56 Å². The van der Waals surface area contributed by atoms with E-state index in [1.54, 1.807) is 0 Å². The summed E-state index contributed by atoms with van der Waals surface area (Å²) in [7, 11) is 3.43. The van der Waals surface area contributed by atoms with Gasteiger partial charge in [0.1, 0.15) is 6.33 Å². The molecule has 1 aromatic heterocycles. The topological polar surface area (TPSA) is 38.3 Å². The van der Waals surface area contributed by atoms with E-state index in [9.17, 15) is 0 Å². The highest BCUT2D eigenvalue weighted by Crippen LogP contribution is 2.31. The lowest BCUT2D eigenvalue weighted by Gasteiger charge is -2.21. The van der Waals surface area contributed by atoms with Crippen LogP contribution >= 0.6 is 23.2 Å². The molecular formula is C13H13Cl2N3O. The number of hydrogen-bond donors (Lipinski definition) is 0. The largest absolute Gasteiger partial charge is 0.490 e. The second-order valence-corrected chi connectivity index (χ2v) is 4.73. The van der Waals surface area contributed by atoms with Gasteiger partial charge in [0.25, 0.3) is 0 Å². The van der Waals surface area contributed by atoms with Crippen molar-refractivity contribution in [3.8, 4) is 5.75 Å². The van der Waals surface area contributed by atoms with Crippen molar-refractivity contribution < 1.29 is 4.74 Å². The Balaban J connectivity index is 2.28. The number of hydrogen-bond acceptors (Lipinski definition) is 4. The normalized spacial score (nSPS) is 10.3. The third kappa shape index (κ3) is 3.08. The van der Waals surface area contributed by atoms with E-state index < -0.39 is 0 Å². The van der Waals surface area contributed by atoms with Gasteiger partial charge < -0.3 is 9.64 Å². The van der Waals surface area contributed by atoms with Crippen LogP contribution in [0.4, 0.5) is 5.82 Å². The Morgan fingerprint density at radius 1 is 1.21 bits per heavy atom. The molecule has 0 aliphatic heterocycles. The van der Waals surface area contributed by atoms with E-state index in [2.05, 4.69) is 9.97 Å². The molecule has 0 fully saturated rings. The minimum absolute atomic E-state index is 0.290. The average Bonchev–Trinajstić information content (AvgIpc) is 2.41. The third-order valence-electron chi connectivity index (χ3n) is 2.67. The molecule has 0 aliphatic carbocycles. The van der Waals surface area contributed by atoms with Crippen LogP contribution in [0.5, 0.6) is 5.75 Å². The van der Waals surface area contributed by atoms with Crippen molar-refractivity contribution in [3.63, 3.8) is 0 Å². The summed E-state index contributed by atoms with van der Waals surface area (Å²) in [5, 5.41) is 1.01. The predicted octanol–water partition coefficient (Wildman–Crippen LogP) is 3.43. The molecule has 0 saturated carbocycles. The Kier molecular flexibility index (Phi) is 4.45. The van der Waals surface area contributed by atoms with Gasteiger partial charge in [0, 0.05) is 18.6 Å². The van der Waals surface area contributed by atoms with Crippen LogP contribution in [0.15, 0.2) is 30.6 Å². The first-order valence-corrected chi connectivity index (χ1v) is 6.38. The van der Waals surface area contributed by atoms with Crippen molar-refractivity contribution >= 4 is 29.0 Å². The van der Waals surface area contributed by atoms with Crippen molar-refractivity contribution in [3.05, 3.63) is 46.3 Å². The summed E-state index contributed by atoms with van der Waals surface area (Å²) < 4.78 is 5.23. The van der Waals surface area contributed by atoms with Gasteiger partial charge in [0.05, 0.1) is 7.11 Å². The highest BCUT2D eigenvalue weighted by Gasteiger charge is 2.15. The number of ether oxygens (including phenoxy) is 1.